The maximum atomic E-state index is 11.9. The molecule has 23 heavy (non-hydrogen) atoms. The first kappa shape index (κ1) is 17.1. The average molecular weight is 354 g/mol. The van der Waals surface area contributed by atoms with Crippen molar-refractivity contribution in [3.8, 4) is 11.5 Å². The summed E-state index contributed by atoms with van der Waals surface area (Å²) in [5, 5.41) is 4.41. The van der Waals surface area contributed by atoms with Crippen molar-refractivity contribution in [3.63, 3.8) is 0 Å². The van der Waals surface area contributed by atoms with Crippen LogP contribution in [0.1, 0.15) is 15.9 Å². The third-order valence-electron chi connectivity index (χ3n) is 2.88. The molecule has 0 radical (unpaired) electrons. The highest BCUT2D eigenvalue weighted by atomic mass is 35.5. The second-order valence-corrected chi connectivity index (χ2v) is 5.05. The van der Waals surface area contributed by atoms with E-state index in [9.17, 15) is 4.79 Å². The Morgan fingerprint density at radius 3 is 2.48 bits per heavy atom. The molecule has 6 nitrogen and oxygen atoms in total. The third-order valence-corrected chi connectivity index (χ3v) is 3.50. The summed E-state index contributed by atoms with van der Waals surface area (Å²) >= 11 is 12.2. The molecule has 0 aliphatic carbocycles. The molecule has 0 saturated heterocycles. The molecule has 1 N–H and O–H groups in total. The highest BCUT2D eigenvalue weighted by Gasteiger charge is 2.16. The lowest BCUT2D eigenvalue weighted by atomic mass is 10.2. The molecule has 120 valence electrons. The van der Waals surface area contributed by atoms with Crippen LogP contribution in [0.2, 0.25) is 10.0 Å². The number of halogens is 2. The molecule has 8 heteroatoms. The highest BCUT2D eigenvalue weighted by Crippen LogP contribution is 2.41. The van der Waals surface area contributed by atoms with E-state index in [0.717, 1.165) is 0 Å². The standard InChI is InChI=1S/C15H13Cl2N3O3/c1-22-13-10(7-11(16)14(23-2)12(13)17)8-19-20-15(21)9-3-5-18-6-4-9/h3-8H,1-2H3,(H,20,21)/b19-8-. The van der Waals surface area contributed by atoms with E-state index in [1.165, 1.54) is 32.8 Å². The van der Waals surface area contributed by atoms with E-state index in [4.69, 9.17) is 32.7 Å². The summed E-state index contributed by atoms with van der Waals surface area (Å²) in [4.78, 5) is 15.7. The number of rotatable bonds is 5. The quantitative estimate of drug-likeness (QED) is 0.661. The summed E-state index contributed by atoms with van der Waals surface area (Å²) in [6.45, 7) is 0. The van der Waals surface area contributed by atoms with Gasteiger partial charge in [-0.05, 0) is 18.2 Å². The van der Waals surface area contributed by atoms with Crippen LogP contribution in [0.4, 0.5) is 0 Å². The van der Waals surface area contributed by atoms with Crippen molar-refractivity contribution >= 4 is 35.3 Å². The first-order valence-corrected chi connectivity index (χ1v) is 7.17. The molecule has 0 aliphatic rings. The Hall–Kier alpha value is -2.31. The van der Waals surface area contributed by atoms with Crippen LogP contribution < -0.4 is 14.9 Å². The molecule has 1 heterocycles. The Labute approximate surface area is 143 Å². The molecule has 1 aromatic carbocycles. The average Bonchev–Trinajstić information content (AvgIpc) is 2.56. The third kappa shape index (κ3) is 3.91. The minimum absolute atomic E-state index is 0.226. The van der Waals surface area contributed by atoms with Gasteiger partial charge in [-0.25, -0.2) is 5.43 Å². The topological polar surface area (TPSA) is 72.8 Å². The van der Waals surface area contributed by atoms with Gasteiger partial charge in [0, 0.05) is 23.5 Å². The van der Waals surface area contributed by atoms with Gasteiger partial charge < -0.3 is 9.47 Å². The number of nitrogens with one attached hydrogen (secondary N) is 1. The molecule has 2 rings (SSSR count). The van der Waals surface area contributed by atoms with Crippen LogP contribution in [-0.4, -0.2) is 31.3 Å². The number of hydrazone groups is 1. The van der Waals surface area contributed by atoms with Crippen molar-refractivity contribution in [2.75, 3.05) is 14.2 Å². The number of methoxy groups -OCH3 is 2. The number of pyridine rings is 1. The monoisotopic (exact) mass is 353 g/mol. The van der Waals surface area contributed by atoms with Gasteiger partial charge in [-0.1, -0.05) is 23.2 Å². The first-order valence-electron chi connectivity index (χ1n) is 6.42. The van der Waals surface area contributed by atoms with E-state index >= 15 is 0 Å². The number of hydrogen-bond donors (Lipinski definition) is 1. The van der Waals surface area contributed by atoms with E-state index in [0.29, 0.717) is 27.6 Å². The van der Waals surface area contributed by atoms with Crippen molar-refractivity contribution < 1.29 is 14.3 Å². The fourth-order valence-electron chi connectivity index (χ4n) is 1.82. The van der Waals surface area contributed by atoms with Crippen molar-refractivity contribution in [1.82, 2.24) is 10.4 Å². The van der Waals surface area contributed by atoms with E-state index in [1.807, 2.05) is 0 Å². The van der Waals surface area contributed by atoms with Crippen LogP contribution in [0.3, 0.4) is 0 Å². The molecule has 0 unspecified atom stereocenters. The minimum atomic E-state index is -0.367. The summed E-state index contributed by atoms with van der Waals surface area (Å²) in [6.07, 6.45) is 4.42. The van der Waals surface area contributed by atoms with Gasteiger partial charge in [0.1, 0.15) is 10.8 Å². The molecule has 1 amide bonds. The largest absolute Gasteiger partial charge is 0.494 e. The van der Waals surface area contributed by atoms with Gasteiger partial charge in [0.15, 0.2) is 5.75 Å². The summed E-state index contributed by atoms with van der Waals surface area (Å²) < 4.78 is 10.3. The molecule has 0 spiro atoms. The Morgan fingerprint density at radius 1 is 1.22 bits per heavy atom. The predicted molar refractivity (Wildman–Crippen MR) is 88.9 cm³/mol. The normalized spacial score (nSPS) is 10.6. The number of carbonyl (C=O) groups excluding carboxylic acids is 1. The van der Waals surface area contributed by atoms with Gasteiger partial charge in [0.05, 0.1) is 25.5 Å². The van der Waals surface area contributed by atoms with Crippen LogP contribution in [0.25, 0.3) is 0 Å². The Balaban J connectivity index is 2.21. The number of benzene rings is 1. The van der Waals surface area contributed by atoms with Gasteiger partial charge in [-0.3, -0.25) is 9.78 Å². The predicted octanol–water partition coefficient (Wildman–Crippen LogP) is 3.17. The molecule has 1 aromatic heterocycles. The van der Waals surface area contributed by atoms with Crippen LogP contribution in [0.15, 0.2) is 35.7 Å². The summed E-state index contributed by atoms with van der Waals surface area (Å²) in [7, 11) is 2.91. The maximum absolute atomic E-state index is 11.9. The van der Waals surface area contributed by atoms with Crippen LogP contribution in [-0.2, 0) is 0 Å². The Morgan fingerprint density at radius 2 is 1.87 bits per heavy atom. The smallest absolute Gasteiger partial charge is 0.271 e. The molecule has 0 atom stereocenters. The van der Waals surface area contributed by atoms with Crippen molar-refractivity contribution in [1.29, 1.82) is 0 Å². The lowest BCUT2D eigenvalue weighted by molar-refractivity contribution is 0.0955. The zero-order valence-electron chi connectivity index (χ0n) is 12.3. The lowest BCUT2D eigenvalue weighted by Crippen LogP contribution is -2.17. The summed E-state index contributed by atoms with van der Waals surface area (Å²) in [6, 6.07) is 4.73. The van der Waals surface area contributed by atoms with Gasteiger partial charge in [0.25, 0.3) is 5.91 Å². The lowest BCUT2D eigenvalue weighted by Gasteiger charge is -2.12. The maximum Gasteiger partial charge on any atom is 0.271 e. The molecule has 2 aromatic rings. The second-order valence-electron chi connectivity index (χ2n) is 4.26. The number of carbonyl (C=O) groups is 1. The van der Waals surface area contributed by atoms with Crippen LogP contribution in [0.5, 0.6) is 11.5 Å². The first-order chi connectivity index (χ1) is 11.1. The number of hydrogen-bond acceptors (Lipinski definition) is 5. The number of aromatic nitrogens is 1. The SMILES string of the molecule is COc1c(Cl)cc(/C=N\NC(=O)c2ccncc2)c(OC)c1Cl. The van der Waals surface area contributed by atoms with E-state index in [-0.39, 0.29) is 10.9 Å². The van der Waals surface area contributed by atoms with Crippen LogP contribution in [0, 0.1) is 0 Å². The van der Waals surface area contributed by atoms with Crippen LogP contribution >= 0.6 is 23.2 Å². The molecular weight excluding hydrogens is 341 g/mol. The van der Waals surface area contributed by atoms with Crippen molar-refractivity contribution in [2.45, 2.75) is 0 Å². The number of amides is 1. The fraction of sp³-hybridized carbons (Fsp3) is 0.133. The van der Waals surface area contributed by atoms with E-state index in [1.54, 1.807) is 18.2 Å². The second kappa shape index (κ2) is 7.80. The van der Waals surface area contributed by atoms with Gasteiger partial charge in [0.2, 0.25) is 0 Å². The molecule has 0 saturated carbocycles. The zero-order valence-corrected chi connectivity index (χ0v) is 13.9. The van der Waals surface area contributed by atoms with Crippen molar-refractivity contribution in [2.24, 2.45) is 5.10 Å². The number of ether oxygens (including phenoxy) is 2. The molecule has 0 fully saturated rings. The van der Waals surface area contributed by atoms with E-state index in [2.05, 4.69) is 15.5 Å². The zero-order chi connectivity index (χ0) is 16.8. The van der Waals surface area contributed by atoms with Crippen molar-refractivity contribution in [3.05, 3.63) is 51.8 Å². The highest BCUT2D eigenvalue weighted by molar-refractivity contribution is 6.38. The molecule has 0 aliphatic heterocycles. The van der Waals surface area contributed by atoms with Gasteiger partial charge in [-0.2, -0.15) is 5.10 Å². The van der Waals surface area contributed by atoms with E-state index < -0.39 is 0 Å². The Kier molecular flexibility index (Phi) is 5.78. The minimum Gasteiger partial charge on any atom is -0.494 e. The Bertz CT molecular complexity index is 736. The number of nitrogens with zero attached hydrogens (tertiary/aromatic N) is 2. The van der Waals surface area contributed by atoms with Gasteiger partial charge in [-0.15, -0.1) is 0 Å². The molecular formula is C15H13Cl2N3O3. The fourth-order valence-corrected chi connectivity index (χ4v) is 2.52. The van der Waals surface area contributed by atoms with Gasteiger partial charge >= 0.3 is 0 Å². The summed E-state index contributed by atoms with van der Waals surface area (Å²) in [5.41, 5.74) is 3.33. The molecule has 0 bridgehead atoms. The summed E-state index contributed by atoms with van der Waals surface area (Å²) in [5.74, 6) is 0.284.